The first-order valence-electron chi connectivity index (χ1n) is 7.99. The van der Waals surface area contributed by atoms with Crippen LogP contribution in [-0.4, -0.2) is 13.3 Å². The Morgan fingerprint density at radius 3 is 2.54 bits per heavy atom. The molecule has 0 spiro atoms. The molecule has 3 nitrogen and oxygen atoms in total. The lowest BCUT2D eigenvalue weighted by Crippen LogP contribution is -1.96. The third kappa shape index (κ3) is 5.10. The van der Waals surface area contributed by atoms with Crippen LogP contribution in [0.3, 0.4) is 0 Å². The lowest BCUT2D eigenvalue weighted by atomic mass is 10.2. The molecule has 0 atom stereocenters. The molecule has 0 unspecified atom stereocenters. The van der Waals surface area contributed by atoms with Crippen molar-refractivity contribution in [3.63, 3.8) is 0 Å². The lowest BCUT2D eigenvalue weighted by molar-refractivity contribution is 0.304. The molecule has 3 aromatic carbocycles. The van der Waals surface area contributed by atoms with Gasteiger partial charge in [0.05, 0.1) is 17.3 Å². The van der Waals surface area contributed by atoms with Crippen LogP contribution in [0.4, 0.5) is 5.69 Å². The van der Waals surface area contributed by atoms with E-state index in [-0.39, 0.29) is 0 Å². The smallest absolute Gasteiger partial charge is 0.134 e. The third-order valence-corrected chi connectivity index (χ3v) is 4.53. The minimum Gasteiger partial charge on any atom is -0.497 e. The van der Waals surface area contributed by atoms with Crippen LogP contribution in [0.5, 0.6) is 11.5 Å². The van der Waals surface area contributed by atoms with Gasteiger partial charge in [-0.05, 0) is 81.7 Å². The van der Waals surface area contributed by atoms with E-state index in [9.17, 15) is 0 Å². The SMILES string of the molecule is COc1ccc(N=Cc2ccc(OCc3cccc(Cl)c3)c(Br)c2)cc1. The summed E-state index contributed by atoms with van der Waals surface area (Å²) in [6.07, 6.45) is 1.81. The maximum atomic E-state index is 5.99. The van der Waals surface area contributed by atoms with Crippen molar-refractivity contribution in [2.75, 3.05) is 7.11 Å². The second-order valence-corrected chi connectivity index (χ2v) is 6.86. The molecule has 5 heteroatoms. The minimum atomic E-state index is 0.457. The van der Waals surface area contributed by atoms with Gasteiger partial charge in [-0.2, -0.15) is 0 Å². The van der Waals surface area contributed by atoms with Crippen LogP contribution in [-0.2, 0) is 6.61 Å². The highest BCUT2D eigenvalue weighted by molar-refractivity contribution is 9.10. The first-order chi connectivity index (χ1) is 12.6. The fourth-order valence-electron chi connectivity index (χ4n) is 2.32. The molecule has 0 aliphatic heterocycles. The monoisotopic (exact) mass is 429 g/mol. The van der Waals surface area contributed by atoms with Crippen LogP contribution in [0.25, 0.3) is 0 Å². The molecule has 0 amide bonds. The molecule has 0 saturated carbocycles. The van der Waals surface area contributed by atoms with Gasteiger partial charge >= 0.3 is 0 Å². The van der Waals surface area contributed by atoms with Crippen LogP contribution in [0.2, 0.25) is 5.02 Å². The number of halogens is 2. The number of hydrogen-bond acceptors (Lipinski definition) is 3. The van der Waals surface area contributed by atoms with E-state index in [1.54, 1.807) is 7.11 Å². The average Bonchev–Trinajstić information content (AvgIpc) is 2.66. The van der Waals surface area contributed by atoms with Crippen molar-refractivity contribution in [1.29, 1.82) is 0 Å². The fraction of sp³-hybridized carbons (Fsp3) is 0.0952. The highest BCUT2D eigenvalue weighted by Crippen LogP contribution is 2.27. The zero-order chi connectivity index (χ0) is 18.4. The van der Waals surface area contributed by atoms with Crippen molar-refractivity contribution in [2.45, 2.75) is 6.61 Å². The summed E-state index contributed by atoms with van der Waals surface area (Å²) in [6.45, 7) is 0.457. The summed E-state index contributed by atoms with van der Waals surface area (Å²) in [6, 6.07) is 21.1. The number of hydrogen-bond donors (Lipinski definition) is 0. The summed E-state index contributed by atoms with van der Waals surface area (Å²) in [7, 11) is 1.64. The third-order valence-electron chi connectivity index (χ3n) is 3.67. The van der Waals surface area contributed by atoms with E-state index in [1.807, 2.05) is 72.9 Å². The molecule has 0 aliphatic rings. The van der Waals surface area contributed by atoms with Crippen LogP contribution in [0, 0.1) is 0 Å². The minimum absolute atomic E-state index is 0.457. The van der Waals surface area contributed by atoms with E-state index in [1.165, 1.54) is 0 Å². The summed E-state index contributed by atoms with van der Waals surface area (Å²) >= 11 is 9.55. The summed E-state index contributed by atoms with van der Waals surface area (Å²) in [4.78, 5) is 4.47. The Bertz CT molecular complexity index is 910. The molecule has 26 heavy (non-hydrogen) atoms. The Morgan fingerprint density at radius 2 is 1.85 bits per heavy atom. The van der Waals surface area contributed by atoms with Crippen molar-refractivity contribution < 1.29 is 9.47 Å². The summed E-state index contributed by atoms with van der Waals surface area (Å²) < 4.78 is 11.9. The number of benzene rings is 3. The maximum absolute atomic E-state index is 5.99. The topological polar surface area (TPSA) is 30.8 Å². The lowest BCUT2D eigenvalue weighted by Gasteiger charge is -2.09. The number of methoxy groups -OCH3 is 1. The zero-order valence-electron chi connectivity index (χ0n) is 14.2. The standard InChI is InChI=1S/C21H17BrClNO2/c1-25-19-8-6-18(7-9-19)24-13-15-5-10-21(20(22)12-15)26-14-16-3-2-4-17(23)11-16/h2-13H,14H2,1H3. The number of aliphatic imine (C=N–C) groups is 1. The molecular weight excluding hydrogens is 414 g/mol. The van der Waals surface area contributed by atoms with Crippen LogP contribution in [0.15, 0.2) is 76.2 Å². The molecule has 3 aromatic rings. The largest absolute Gasteiger partial charge is 0.497 e. The van der Waals surface area contributed by atoms with Gasteiger partial charge in [-0.25, -0.2) is 0 Å². The molecule has 0 heterocycles. The van der Waals surface area contributed by atoms with Gasteiger partial charge < -0.3 is 9.47 Å². The number of ether oxygens (including phenoxy) is 2. The predicted octanol–water partition coefficient (Wildman–Crippen LogP) is 6.44. The highest BCUT2D eigenvalue weighted by atomic mass is 79.9. The summed E-state index contributed by atoms with van der Waals surface area (Å²) in [5.74, 6) is 1.58. The van der Waals surface area contributed by atoms with Gasteiger partial charge in [0.2, 0.25) is 0 Å². The van der Waals surface area contributed by atoms with Crippen molar-refractivity contribution in [1.82, 2.24) is 0 Å². The van der Waals surface area contributed by atoms with E-state index in [4.69, 9.17) is 21.1 Å². The molecule has 0 fully saturated rings. The Balaban J connectivity index is 1.65. The predicted molar refractivity (Wildman–Crippen MR) is 110 cm³/mol. The van der Waals surface area contributed by atoms with E-state index in [2.05, 4.69) is 20.9 Å². The van der Waals surface area contributed by atoms with Crippen molar-refractivity contribution in [3.05, 3.63) is 87.4 Å². The fourth-order valence-corrected chi connectivity index (χ4v) is 3.04. The molecule has 3 rings (SSSR count). The second kappa shape index (κ2) is 8.88. The maximum Gasteiger partial charge on any atom is 0.134 e. The van der Waals surface area contributed by atoms with Crippen molar-refractivity contribution in [2.24, 2.45) is 4.99 Å². The Hall–Kier alpha value is -2.30. The van der Waals surface area contributed by atoms with Gasteiger partial charge in [0, 0.05) is 11.2 Å². The number of rotatable bonds is 6. The van der Waals surface area contributed by atoms with E-state index < -0.39 is 0 Å². The molecular formula is C21H17BrClNO2. The number of nitrogens with zero attached hydrogens (tertiary/aromatic N) is 1. The Kier molecular flexibility index (Phi) is 6.31. The van der Waals surface area contributed by atoms with E-state index in [0.717, 1.165) is 32.8 Å². The van der Waals surface area contributed by atoms with Gasteiger partial charge in [0.1, 0.15) is 18.1 Å². The molecule has 0 bridgehead atoms. The van der Waals surface area contributed by atoms with Crippen LogP contribution >= 0.6 is 27.5 Å². The Morgan fingerprint density at radius 1 is 1.04 bits per heavy atom. The van der Waals surface area contributed by atoms with Gasteiger partial charge in [-0.15, -0.1) is 0 Å². The molecule has 0 N–H and O–H groups in total. The van der Waals surface area contributed by atoms with Gasteiger partial charge in [-0.1, -0.05) is 23.7 Å². The van der Waals surface area contributed by atoms with Gasteiger partial charge in [0.15, 0.2) is 0 Å². The van der Waals surface area contributed by atoms with Gasteiger partial charge in [0.25, 0.3) is 0 Å². The van der Waals surface area contributed by atoms with Crippen LogP contribution in [0.1, 0.15) is 11.1 Å². The average molecular weight is 431 g/mol. The second-order valence-electron chi connectivity index (χ2n) is 5.56. The first-order valence-corrected chi connectivity index (χ1v) is 9.16. The van der Waals surface area contributed by atoms with Crippen molar-refractivity contribution in [3.8, 4) is 11.5 Å². The summed E-state index contributed by atoms with van der Waals surface area (Å²) in [5, 5.41) is 0.704. The Labute approximate surface area is 166 Å². The van der Waals surface area contributed by atoms with Crippen LogP contribution < -0.4 is 9.47 Å². The van der Waals surface area contributed by atoms with Crippen molar-refractivity contribution >= 4 is 39.4 Å². The molecule has 0 saturated heterocycles. The molecule has 0 aliphatic carbocycles. The van der Waals surface area contributed by atoms with E-state index >= 15 is 0 Å². The van der Waals surface area contributed by atoms with Gasteiger partial charge in [-0.3, -0.25) is 4.99 Å². The highest BCUT2D eigenvalue weighted by Gasteiger charge is 2.03. The molecule has 0 radical (unpaired) electrons. The first kappa shape index (κ1) is 18.5. The van der Waals surface area contributed by atoms with E-state index in [0.29, 0.717) is 11.6 Å². The quantitative estimate of drug-likeness (QED) is 0.421. The normalized spacial score (nSPS) is 10.9. The molecule has 132 valence electrons. The zero-order valence-corrected chi connectivity index (χ0v) is 16.5. The summed E-state index contributed by atoms with van der Waals surface area (Å²) in [5.41, 5.74) is 2.86. The molecule has 0 aromatic heterocycles.